The van der Waals surface area contributed by atoms with Crippen LogP contribution in [0.1, 0.15) is 108 Å². The summed E-state index contributed by atoms with van der Waals surface area (Å²) in [5.74, 6) is 0.391. The molecule has 6 rings (SSSR count). The number of nitrogens with zero attached hydrogens (tertiary/aromatic N) is 1. The Morgan fingerprint density at radius 2 is 1.81 bits per heavy atom. The van der Waals surface area contributed by atoms with E-state index in [-0.39, 0.29) is 22.9 Å². The first-order valence-corrected chi connectivity index (χ1v) is 18.6. The summed E-state index contributed by atoms with van der Waals surface area (Å²) in [7, 11) is -3.52. The molecule has 6 atom stereocenters. The molecule has 0 radical (unpaired) electrons. The zero-order valence-corrected chi connectivity index (χ0v) is 28.1. The third-order valence-corrected chi connectivity index (χ3v) is 13.0. The van der Waals surface area contributed by atoms with Crippen molar-refractivity contribution in [3.63, 3.8) is 0 Å². The lowest BCUT2D eigenvalue weighted by Crippen LogP contribution is -2.64. The summed E-state index contributed by atoms with van der Waals surface area (Å²) in [5.41, 5.74) is 4.31. The van der Waals surface area contributed by atoms with Crippen molar-refractivity contribution >= 4 is 10.0 Å². The summed E-state index contributed by atoms with van der Waals surface area (Å²) in [6.45, 7) is 15.3. The van der Waals surface area contributed by atoms with Gasteiger partial charge in [-0.2, -0.15) is 4.72 Å². The van der Waals surface area contributed by atoms with Crippen molar-refractivity contribution < 1.29 is 13.2 Å². The van der Waals surface area contributed by atoms with E-state index < -0.39 is 16.3 Å². The minimum Gasteiger partial charge on any atom is -0.362 e. The fourth-order valence-corrected chi connectivity index (χ4v) is 10.8. The van der Waals surface area contributed by atoms with Crippen molar-refractivity contribution in [2.45, 2.75) is 135 Å². The molecule has 9 heteroatoms. The van der Waals surface area contributed by atoms with Gasteiger partial charge in [0.15, 0.2) is 0 Å². The highest BCUT2D eigenvalue weighted by Gasteiger charge is 2.49. The predicted octanol–water partition coefficient (Wildman–Crippen LogP) is 4.68. The molecule has 3 aliphatic heterocycles. The van der Waals surface area contributed by atoms with E-state index in [1.165, 1.54) is 42.4 Å². The highest BCUT2D eigenvalue weighted by molar-refractivity contribution is 7.90. The smallest absolute Gasteiger partial charge is 0.216 e. The third-order valence-electron chi connectivity index (χ3n) is 11.2. The molecule has 2 aliphatic carbocycles. The van der Waals surface area contributed by atoms with Crippen molar-refractivity contribution in [3.05, 3.63) is 34.9 Å². The lowest BCUT2D eigenvalue weighted by atomic mass is 9.61. The predicted molar refractivity (Wildman–Crippen MR) is 173 cm³/mol. The molecule has 3 saturated heterocycles. The molecule has 5 aliphatic rings. The molecule has 5 fully saturated rings. The standard InChI is InChI=1S/C34H57N5O3S/c1-23-9-6-10-24(2)31(23)29-16-30-37-32(36-29)38-43(40,41)28-12-7-11-25(15-28)20-39(27(21-42-30)17-33(3,4)5)26-18-34(19-26)13-8-14-35-22-34/h6,9-10,25-30,32,35-38H,7-8,11-22H2,1-5H3/t25?,26?,27-,28?,29?,30?,32?,34?/m1/s1. The van der Waals surface area contributed by atoms with Gasteiger partial charge in [0.05, 0.1) is 11.9 Å². The van der Waals surface area contributed by atoms with E-state index in [2.05, 4.69) is 78.4 Å². The quantitative estimate of drug-likeness (QED) is 0.392. The van der Waals surface area contributed by atoms with Crippen LogP contribution in [0.3, 0.4) is 0 Å². The normalized spacial score (nSPS) is 39.2. The number of aryl methyl sites for hydroxylation is 2. The summed E-state index contributed by atoms with van der Waals surface area (Å²) in [6, 6.07) is 7.24. The molecular weight excluding hydrogens is 558 g/mol. The lowest BCUT2D eigenvalue weighted by Gasteiger charge is -2.56. The van der Waals surface area contributed by atoms with Crippen LogP contribution < -0.4 is 20.7 Å². The minimum absolute atomic E-state index is 0.00755. The van der Waals surface area contributed by atoms with E-state index in [0.29, 0.717) is 30.0 Å². The molecule has 43 heavy (non-hydrogen) atoms. The van der Waals surface area contributed by atoms with E-state index in [1.54, 1.807) is 0 Å². The lowest BCUT2D eigenvalue weighted by molar-refractivity contribution is -0.0898. The van der Waals surface area contributed by atoms with Crippen LogP contribution in [0, 0.1) is 30.6 Å². The zero-order chi connectivity index (χ0) is 30.4. The van der Waals surface area contributed by atoms with Gasteiger partial charge in [-0.3, -0.25) is 15.5 Å². The van der Waals surface area contributed by atoms with E-state index in [1.807, 2.05) is 0 Å². The van der Waals surface area contributed by atoms with E-state index in [0.717, 1.165) is 58.2 Å². The van der Waals surface area contributed by atoms with E-state index in [9.17, 15) is 8.42 Å². The topological polar surface area (TPSA) is 94.7 Å². The van der Waals surface area contributed by atoms with Gasteiger partial charge in [-0.05, 0) is 105 Å². The third kappa shape index (κ3) is 7.34. The molecule has 1 aromatic carbocycles. The average Bonchev–Trinajstić information content (AvgIpc) is 2.92. The molecule has 242 valence electrons. The van der Waals surface area contributed by atoms with Crippen LogP contribution in [0.25, 0.3) is 0 Å². The Morgan fingerprint density at radius 1 is 1.05 bits per heavy atom. The van der Waals surface area contributed by atoms with E-state index in [4.69, 9.17) is 4.74 Å². The van der Waals surface area contributed by atoms with Crippen LogP contribution in [0.5, 0.6) is 0 Å². The van der Waals surface area contributed by atoms with Crippen LogP contribution in [0.15, 0.2) is 18.2 Å². The molecule has 2 saturated carbocycles. The fraction of sp³-hybridized carbons (Fsp3) is 0.824. The Balaban J connectivity index is 1.31. The Morgan fingerprint density at radius 3 is 2.51 bits per heavy atom. The molecular formula is C34H57N5O3S. The number of fused-ring (bicyclic) bond motifs is 4. The molecule has 8 nitrogen and oxygen atoms in total. The summed E-state index contributed by atoms with van der Waals surface area (Å²) in [6.07, 6.45) is 9.66. The number of ether oxygens (including phenoxy) is 1. The summed E-state index contributed by atoms with van der Waals surface area (Å²) >= 11 is 0. The SMILES string of the molecule is Cc1cccc(C)c1C1CC2NC(N1)NS(=O)(=O)C1CCCC(C1)CN(C1CC3(CCCNC3)C1)[C@H](CC(C)(C)C)CO2. The van der Waals surface area contributed by atoms with Gasteiger partial charge in [-0.15, -0.1) is 0 Å². The summed E-state index contributed by atoms with van der Waals surface area (Å²) < 4.78 is 37.6. The number of piperidine rings is 1. The van der Waals surface area contributed by atoms with Crippen molar-refractivity contribution in [2.24, 2.45) is 16.7 Å². The molecule has 1 spiro atoms. The van der Waals surface area contributed by atoms with Crippen LogP contribution in [-0.4, -0.2) is 69.4 Å². The maximum atomic E-state index is 13.9. The molecule has 5 unspecified atom stereocenters. The maximum Gasteiger partial charge on any atom is 0.216 e. The second kappa shape index (κ2) is 12.6. The first-order valence-electron chi connectivity index (χ1n) is 17.1. The van der Waals surface area contributed by atoms with Crippen molar-refractivity contribution in [3.8, 4) is 0 Å². The zero-order valence-electron chi connectivity index (χ0n) is 27.3. The van der Waals surface area contributed by atoms with Crippen molar-refractivity contribution in [2.75, 3.05) is 26.2 Å². The van der Waals surface area contributed by atoms with Crippen molar-refractivity contribution in [1.82, 2.24) is 25.6 Å². The Labute approximate surface area is 260 Å². The van der Waals surface area contributed by atoms with E-state index >= 15 is 0 Å². The Bertz CT molecular complexity index is 1200. The van der Waals surface area contributed by atoms with Gasteiger partial charge in [0.25, 0.3) is 0 Å². The van der Waals surface area contributed by atoms with Gasteiger partial charge in [0.2, 0.25) is 10.0 Å². The number of hydrogen-bond acceptors (Lipinski definition) is 7. The van der Waals surface area contributed by atoms with Crippen LogP contribution in [0.4, 0.5) is 0 Å². The second-order valence-corrected chi connectivity index (χ2v) is 17.9. The Hall–Kier alpha value is -1.07. The number of rotatable bonds is 3. The number of benzene rings is 1. The largest absolute Gasteiger partial charge is 0.362 e. The highest BCUT2D eigenvalue weighted by atomic mass is 32.2. The maximum absolute atomic E-state index is 13.9. The number of hydrogen-bond donors (Lipinski definition) is 4. The van der Waals surface area contributed by atoms with Gasteiger partial charge in [-0.1, -0.05) is 45.4 Å². The van der Waals surface area contributed by atoms with Gasteiger partial charge in [0.1, 0.15) is 12.5 Å². The summed E-state index contributed by atoms with van der Waals surface area (Å²) in [4.78, 5) is 2.80. The monoisotopic (exact) mass is 615 g/mol. The van der Waals surface area contributed by atoms with Gasteiger partial charge in [0, 0.05) is 37.6 Å². The number of sulfonamides is 1. The highest BCUT2D eigenvalue weighted by Crippen LogP contribution is 2.49. The van der Waals surface area contributed by atoms with Gasteiger partial charge >= 0.3 is 0 Å². The Kier molecular flexibility index (Phi) is 9.36. The minimum atomic E-state index is -3.52. The first-order chi connectivity index (χ1) is 20.4. The summed E-state index contributed by atoms with van der Waals surface area (Å²) in [5, 5.41) is 10.4. The van der Waals surface area contributed by atoms with Crippen LogP contribution in [-0.2, 0) is 14.8 Å². The molecule has 1 aromatic rings. The molecule has 3 heterocycles. The molecule has 0 aromatic heterocycles. The van der Waals surface area contributed by atoms with Crippen LogP contribution in [0.2, 0.25) is 0 Å². The first kappa shape index (κ1) is 31.9. The average molecular weight is 616 g/mol. The number of nitrogens with one attached hydrogen (secondary N) is 4. The van der Waals surface area contributed by atoms with Crippen molar-refractivity contribution in [1.29, 1.82) is 0 Å². The second-order valence-electron chi connectivity index (χ2n) is 16.0. The van der Waals surface area contributed by atoms with Gasteiger partial charge < -0.3 is 10.1 Å². The molecule has 4 bridgehead atoms. The fourth-order valence-electron chi connectivity index (χ4n) is 9.15. The van der Waals surface area contributed by atoms with Gasteiger partial charge in [-0.25, -0.2) is 8.42 Å². The molecule has 0 amide bonds. The molecule has 4 N–H and O–H groups in total. The van der Waals surface area contributed by atoms with Crippen LogP contribution >= 0.6 is 0 Å².